The van der Waals surface area contributed by atoms with Gasteiger partial charge >= 0.3 is 0 Å². The van der Waals surface area contributed by atoms with Crippen LogP contribution >= 0.6 is 0 Å². The minimum absolute atomic E-state index is 0.0413. The van der Waals surface area contributed by atoms with E-state index in [0.717, 1.165) is 46.7 Å². The summed E-state index contributed by atoms with van der Waals surface area (Å²) < 4.78 is 0. The maximum absolute atomic E-state index is 13.7. The van der Waals surface area contributed by atoms with Gasteiger partial charge in [-0.15, -0.1) is 0 Å². The molecule has 5 aromatic rings. The van der Waals surface area contributed by atoms with Gasteiger partial charge in [0, 0.05) is 57.8 Å². The third kappa shape index (κ3) is 9.57. The fraction of sp³-hybridized carbons (Fsp3) is 0.280. The van der Waals surface area contributed by atoms with Crippen LogP contribution in [0.5, 0.6) is 0 Å². The van der Waals surface area contributed by atoms with Crippen LogP contribution in [0.1, 0.15) is 107 Å². The lowest BCUT2D eigenvalue weighted by Crippen LogP contribution is -2.36. The first-order valence-electron chi connectivity index (χ1n) is 19.7. The molecule has 0 unspecified atom stereocenters. The molecule has 4 heteroatoms. The highest BCUT2D eigenvalue weighted by atomic mass is 16.2. The standard InChI is InChI=1S/C50H48N2O2/c53-49(45-21-9-3-10-22-45)51(37-41-15-5-1-6-16-41)47-33-27-39(28-34-47)25-31-43-19-13-14-20-44(43)32-26-40-29-35-48(36-30-40)52(38-42-17-7-2-8-18-42)50(54)46-23-11-4-12-24-46/h3-4,9-14,19-24,27-30,33-36,41-42H,1-2,5-8,15-18,37-38H2. The molecule has 0 heterocycles. The van der Waals surface area contributed by atoms with Crippen molar-refractivity contribution in [3.63, 3.8) is 0 Å². The highest BCUT2D eigenvalue weighted by molar-refractivity contribution is 6.06. The zero-order chi connectivity index (χ0) is 37.0. The normalized spacial score (nSPS) is 14.5. The second-order valence-corrected chi connectivity index (χ2v) is 14.7. The fourth-order valence-corrected chi connectivity index (χ4v) is 7.77. The van der Waals surface area contributed by atoms with Crippen molar-refractivity contribution in [3.05, 3.63) is 167 Å². The summed E-state index contributed by atoms with van der Waals surface area (Å²) in [7, 11) is 0. The quantitative estimate of drug-likeness (QED) is 0.151. The lowest BCUT2D eigenvalue weighted by molar-refractivity contribution is 0.0972. The Bertz CT molecular complexity index is 1970. The molecular formula is C50H48N2O2. The summed E-state index contributed by atoms with van der Waals surface area (Å²) in [6.45, 7) is 1.47. The van der Waals surface area contributed by atoms with Crippen LogP contribution in [0.3, 0.4) is 0 Å². The maximum atomic E-state index is 13.7. The summed E-state index contributed by atoms with van der Waals surface area (Å²) in [5.41, 5.74) is 6.69. The molecule has 5 aromatic carbocycles. The van der Waals surface area contributed by atoms with Gasteiger partial charge in [-0.2, -0.15) is 0 Å². The van der Waals surface area contributed by atoms with Crippen LogP contribution in [-0.4, -0.2) is 24.9 Å². The van der Waals surface area contributed by atoms with E-state index in [0.29, 0.717) is 23.0 Å². The molecule has 0 N–H and O–H groups in total. The van der Waals surface area contributed by atoms with Crippen LogP contribution in [0.2, 0.25) is 0 Å². The molecule has 2 saturated carbocycles. The van der Waals surface area contributed by atoms with Crippen LogP contribution < -0.4 is 9.80 Å². The lowest BCUT2D eigenvalue weighted by Gasteiger charge is -2.30. The van der Waals surface area contributed by atoms with Crippen molar-refractivity contribution < 1.29 is 9.59 Å². The van der Waals surface area contributed by atoms with Gasteiger partial charge in [0.1, 0.15) is 0 Å². The summed E-state index contributed by atoms with van der Waals surface area (Å²) in [6, 6.07) is 43.2. The molecule has 0 bridgehead atoms. The molecule has 2 fully saturated rings. The molecule has 2 aliphatic rings. The first-order valence-corrected chi connectivity index (χ1v) is 19.7. The van der Waals surface area contributed by atoms with Gasteiger partial charge in [-0.25, -0.2) is 0 Å². The number of carbonyl (C=O) groups is 2. The van der Waals surface area contributed by atoms with Crippen molar-refractivity contribution in [2.75, 3.05) is 22.9 Å². The number of carbonyl (C=O) groups excluding carboxylic acids is 2. The molecule has 7 rings (SSSR count). The molecule has 0 saturated heterocycles. The number of rotatable bonds is 8. The molecule has 2 aliphatic carbocycles. The Morgan fingerprint density at radius 1 is 0.426 bits per heavy atom. The van der Waals surface area contributed by atoms with Gasteiger partial charge in [0.2, 0.25) is 0 Å². The van der Waals surface area contributed by atoms with Crippen molar-refractivity contribution in [1.29, 1.82) is 0 Å². The van der Waals surface area contributed by atoms with Crippen LogP contribution in [0.25, 0.3) is 0 Å². The molecule has 0 aliphatic heterocycles. The molecule has 270 valence electrons. The average molecular weight is 709 g/mol. The number of hydrogen-bond acceptors (Lipinski definition) is 2. The molecule has 0 atom stereocenters. The highest BCUT2D eigenvalue weighted by Crippen LogP contribution is 2.29. The van der Waals surface area contributed by atoms with Gasteiger partial charge in [-0.05, 0) is 122 Å². The Labute approximate surface area is 321 Å². The fourth-order valence-electron chi connectivity index (χ4n) is 7.77. The van der Waals surface area contributed by atoms with E-state index in [1.54, 1.807) is 0 Å². The highest BCUT2D eigenvalue weighted by Gasteiger charge is 2.25. The van der Waals surface area contributed by atoms with E-state index in [1.165, 1.54) is 64.2 Å². The van der Waals surface area contributed by atoms with Gasteiger partial charge in [-0.1, -0.05) is 111 Å². The monoisotopic (exact) mass is 708 g/mol. The number of benzene rings is 5. The Hall–Kier alpha value is -5.84. The molecular weight excluding hydrogens is 661 g/mol. The van der Waals surface area contributed by atoms with E-state index in [9.17, 15) is 9.59 Å². The van der Waals surface area contributed by atoms with E-state index < -0.39 is 0 Å². The Morgan fingerprint density at radius 2 is 0.778 bits per heavy atom. The predicted octanol–water partition coefficient (Wildman–Crippen LogP) is 10.9. The maximum Gasteiger partial charge on any atom is 0.258 e. The SMILES string of the molecule is O=C(c1ccccc1)N(CC1CCCCC1)c1ccc(C#Cc2ccccc2C#Cc2ccc(N(CC3CCCCC3)C(=O)c3ccccc3)cc2)cc1. The number of nitrogens with zero attached hydrogens (tertiary/aromatic N) is 2. The number of amides is 2. The van der Waals surface area contributed by atoms with Crippen molar-refractivity contribution in [2.24, 2.45) is 11.8 Å². The summed E-state index contributed by atoms with van der Waals surface area (Å²) in [4.78, 5) is 31.3. The molecule has 0 spiro atoms. The van der Waals surface area contributed by atoms with E-state index in [4.69, 9.17) is 0 Å². The summed E-state index contributed by atoms with van der Waals surface area (Å²) in [5, 5.41) is 0. The summed E-state index contributed by atoms with van der Waals surface area (Å²) >= 11 is 0. The minimum atomic E-state index is 0.0413. The Kier molecular flexibility index (Phi) is 12.4. The zero-order valence-electron chi connectivity index (χ0n) is 31.1. The van der Waals surface area contributed by atoms with E-state index in [1.807, 2.05) is 143 Å². The number of anilines is 2. The van der Waals surface area contributed by atoms with E-state index in [-0.39, 0.29) is 11.8 Å². The molecule has 4 nitrogen and oxygen atoms in total. The molecule has 2 amide bonds. The Balaban J connectivity index is 1.06. The van der Waals surface area contributed by atoms with Gasteiger partial charge in [0.05, 0.1) is 0 Å². The van der Waals surface area contributed by atoms with Gasteiger partial charge < -0.3 is 9.80 Å². The van der Waals surface area contributed by atoms with E-state index >= 15 is 0 Å². The first kappa shape index (κ1) is 36.5. The van der Waals surface area contributed by atoms with Crippen molar-refractivity contribution in [1.82, 2.24) is 0 Å². The lowest BCUT2D eigenvalue weighted by atomic mass is 9.88. The largest absolute Gasteiger partial charge is 0.308 e. The smallest absolute Gasteiger partial charge is 0.258 e. The average Bonchev–Trinajstić information content (AvgIpc) is 3.25. The predicted molar refractivity (Wildman–Crippen MR) is 221 cm³/mol. The summed E-state index contributed by atoms with van der Waals surface area (Å²) in [6.07, 6.45) is 12.2. The van der Waals surface area contributed by atoms with Crippen LogP contribution in [-0.2, 0) is 0 Å². The van der Waals surface area contributed by atoms with Crippen LogP contribution in [0.4, 0.5) is 11.4 Å². The van der Waals surface area contributed by atoms with Crippen LogP contribution in [0, 0.1) is 35.5 Å². The minimum Gasteiger partial charge on any atom is -0.308 e. The topological polar surface area (TPSA) is 40.6 Å². The molecule has 0 aromatic heterocycles. The second-order valence-electron chi connectivity index (χ2n) is 14.7. The summed E-state index contributed by atoms with van der Waals surface area (Å²) in [5.74, 6) is 14.5. The van der Waals surface area contributed by atoms with E-state index in [2.05, 4.69) is 23.7 Å². The third-order valence-corrected chi connectivity index (χ3v) is 10.8. The zero-order valence-corrected chi connectivity index (χ0v) is 31.1. The Morgan fingerprint density at radius 3 is 1.15 bits per heavy atom. The van der Waals surface area contributed by atoms with Gasteiger partial charge in [-0.3, -0.25) is 9.59 Å². The van der Waals surface area contributed by atoms with Gasteiger partial charge in [0.15, 0.2) is 0 Å². The first-order chi connectivity index (χ1) is 26.6. The second kappa shape index (κ2) is 18.3. The molecule has 54 heavy (non-hydrogen) atoms. The number of hydrogen-bond donors (Lipinski definition) is 0. The van der Waals surface area contributed by atoms with Gasteiger partial charge in [0.25, 0.3) is 11.8 Å². The third-order valence-electron chi connectivity index (χ3n) is 10.8. The van der Waals surface area contributed by atoms with Crippen molar-refractivity contribution >= 4 is 23.2 Å². The van der Waals surface area contributed by atoms with Crippen molar-refractivity contribution in [2.45, 2.75) is 64.2 Å². The van der Waals surface area contributed by atoms with Crippen LogP contribution in [0.15, 0.2) is 133 Å². The molecule has 0 radical (unpaired) electrons. The van der Waals surface area contributed by atoms with Crippen molar-refractivity contribution in [3.8, 4) is 23.7 Å².